The summed E-state index contributed by atoms with van der Waals surface area (Å²) in [5.41, 5.74) is 0.859. The van der Waals surface area contributed by atoms with Crippen molar-refractivity contribution in [1.29, 1.82) is 0 Å². The summed E-state index contributed by atoms with van der Waals surface area (Å²) in [6, 6.07) is 3.29. The molecule has 0 aliphatic heterocycles. The van der Waals surface area contributed by atoms with E-state index in [9.17, 15) is 8.42 Å². The van der Waals surface area contributed by atoms with Gasteiger partial charge in [-0.3, -0.25) is 0 Å². The molecule has 1 aromatic rings. The zero-order valence-electron chi connectivity index (χ0n) is 11.5. The number of aromatic nitrogens is 1. The number of nitrogens with zero attached hydrogens (tertiary/aromatic N) is 1. The first-order valence-corrected chi connectivity index (χ1v) is 8.08. The molecule has 0 spiro atoms. The number of sulfone groups is 1. The van der Waals surface area contributed by atoms with Gasteiger partial charge in [-0.25, -0.2) is 13.4 Å². The fourth-order valence-electron chi connectivity index (χ4n) is 1.88. The number of rotatable bonds is 6. The van der Waals surface area contributed by atoms with E-state index in [1.54, 1.807) is 12.3 Å². The van der Waals surface area contributed by atoms with Crippen molar-refractivity contribution in [3.05, 3.63) is 18.3 Å². The third-order valence-corrected chi connectivity index (χ3v) is 3.65. The van der Waals surface area contributed by atoms with Crippen LogP contribution in [0.5, 0.6) is 0 Å². The van der Waals surface area contributed by atoms with Crippen molar-refractivity contribution >= 4 is 15.5 Å². The second-order valence-electron chi connectivity index (χ2n) is 5.27. The minimum Gasteiger partial charge on any atom is -0.384 e. The average Bonchev–Trinajstić information content (AvgIpc) is 2.25. The maximum atomic E-state index is 11.2. The van der Waals surface area contributed by atoms with Gasteiger partial charge in [0.25, 0.3) is 0 Å². The van der Waals surface area contributed by atoms with Crippen LogP contribution in [0.1, 0.15) is 27.2 Å². The summed E-state index contributed by atoms with van der Waals surface area (Å²) in [5.74, 6) is 1.27. The van der Waals surface area contributed by atoms with E-state index >= 15 is 0 Å². The highest BCUT2D eigenvalue weighted by atomic mass is 32.2. The third-order valence-electron chi connectivity index (χ3n) is 2.64. The van der Waals surface area contributed by atoms with E-state index in [1.165, 1.54) is 12.5 Å². The van der Waals surface area contributed by atoms with Crippen LogP contribution >= 0.6 is 0 Å². The van der Waals surface area contributed by atoms with Crippen molar-refractivity contribution in [2.45, 2.75) is 32.2 Å². The normalized spacial score (nSPS) is 13.6. The Morgan fingerprint density at radius 2 is 1.94 bits per heavy atom. The summed E-state index contributed by atoms with van der Waals surface area (Å²) in [7, 11) is -3.21. The minimum absolute atomic E-state index is 0.114. The average molecular weight is 270 g/mol. The Labute approximate surface area is 110 Å². The SMILES string of the molecule is CC(C)CC(C)CNc1ccc(S(C)(=O)=O)nc1. The van der Waals surface area contributed by atoms with Gasteiger partial charge in [0.2, 0.25) is 0 Å². The zero-order chi connectivity index (χ0) is 13.8. The molecule has 1 N–H and O–H groups in total. The lowest BCUT2D eigenvalue weighted by atomic mass is 9.99. The Kier molecular flexibility index (Phi) is 5.14. The first kappa shape index (κ1) is 15.0. The fourth-order valence-corrected chi connectivity index (χ4v) is 2.44. The number of nitrogens with one attached hydrogen (secondary N) is 1. The molecular weight excluding hydrogens is 248 g/mol. The molecule has 18 heavy (non-hydrogen) atoms. The molecular formula is C13H22N2O2S. The summed E-state index contributed by atoms with van der Waals surface area (Å²) in [5, 5.41) is 3.39. The van der Waals surface area contributed by atoms with Gasteiger partial charge in [0.1, 0.15) is 0 Å². The van der Waals surface area contributed by atoms with E-state index in [1.807, 2.05) is 0 Å². The Balaban J connectivity index is 2.55. The van der Waals surface area contributed by atoms with Gasteiger partial charge in [-0.2, -0.15) is 0 Å². The highest BCUT2D eigenvalue weighted by Crippen LogP contribution is 2.14. The van der Waals surface area contributed by atoms with Crippen LogP contribution in [0.15, 0.2) is 23.4 Å². The lowest BCUT2D eigenvalue weighted by Gasteiger charge is -2.15. The van der Waals surface area contributed by atoms with Gasteiger partial charge in [-0.05, 0) is 30.4 Å². The Morgan fingerprint density at radius 1 is 1.28 bits per heavy atom. The van der Waals surface area contributed by atoms with E-state index in [2.05, 4.69) is 31.1 Å². The molecule has 0 saturated heterocycles. The molecule has 0 amide bonds. The van der Waals surface area contributed by atoms with E-state index in [4.69, 9.17) is 0 Å². The van der Waals surface area contributed by atoms with Crippen molar-refractivity contribution in [2.24, 2.45) is 11.8 Å². The van der Waals surface area contributed by atoms with Gasteiger partial charge < -0.3 is 5.32 Å². The van der Waals surface area contributed by atoms with Crippen LogP contribution in [0.2, 0.25) is 0 Å². The molecule has 0 fully saturated rings. The predicted molar refractivity (Wildman–Crippen MR) is 74.5 cm³/mol. The quantitative estimate of drug-likeness (QED) is 0.863. The van der Waals surface area contributed by atoms with Crippen LogP contribution in [0, 0.1) is 11.8 Å². The van der Waals surface area contributed by atoms with Crippen LogP contribution < -0.4 is 5.32 Å². The molecule has 1 unspecified atom stereocenters. The highest BCUT2D eigenvalue weighted by molar-refractivity contribution is 7.90. The topological polar surface area (TPSA) is 59.1 Å². The molecule has 0 aliphatic carbocycles. The standard InChI is InChI=1S/C13H22N2O2S/c1-10(2)7-11(3)8-14-12-5-6-13(15-9-12)18(4,16)17/h5-6,9-11,14H,7-8H2,1-4H3. The molecule has 0 bridgehead atoms. The maximum absolute atomic E-state index is 11.2. The highest BCUT2D eigenvalue weighted by Gasteiger charge is 2.08. The Bertz CT molecular complexity index is 466. The third kappa shape index (κ3) is 5.04. The molecule has 1 heterocycles. The van der Waals surface area contributed by atoms with Crippen LogP contribution in [0.4, 0.5) is 5.69 Å². The first-order chi connectivity index (χ1) is 8.29. The van der Waals surface area contributed by atoms with Crippen LogP contribution in [-0.2, 0) is 9.84 Å². The molecule has 0 saturated carbocycles. The Morgan fingerprint density at radius 3 is 2.39 bits per heavy atom. The van der Waals surface area contributed by atoms with Crippen molar-refractivity contribution in [2.75, 3.05) is 18.1 Å². The van der Waals surface area contributed by atoms with Crippen LogP contribution in [-0.4, -0.2) is 26.2 Å². The maximum Gasteiger partial charge on any atom is 0.192 e. The van der Waals surface area contributed by atoms with E-state index in [0.29, 0.717) is 11.8 Å². The van der Waals surface area contributed by atoms with E-state index < -0.39 is 9.84 Å². The number of hydrogen-bond acceptors (Lipinski definition) is 4. The molecule has 0 radical (unpaired) electrons. The molecule has 0 aromatic carbocycles. The Hall–Kier alpha value is -1.10. The summed E-state index contributed by atoms with van der Waals surface area (Å²) in [6.45, 7) is 7.49. The monoisotopic (exact) mass is 270 g/mol. The zero-order valence-corrected chi connectivity index (χ0v) is 12.3. The summed E-state index contributed by atoms with van der Waals surface area (Å²) < 4.78 is 22.5. The molecule has 1 aromatic heterocycles. The van der Waals surface area contributed by atoms with Crippen molar-refractivity contribution in [3.8, 4) is 0 Å². The van der Waals surface area contributed by atoms with Crippen LogP contribution in [0.25, 0.3) is 0 Å². The predicted octanol–water partition coefficient (Wildman–Crippen LogP) is 2.58. The molecule has 0 aliphatic rings. The second-order valence-corrected chi connectivity index (χ2v) is 7.24. The van der Waals surface area contributed by atoms with Crippen LogP contribution in [0.3, 0.4) is 0 Å². The van der Waals surface area contributed by atoms with Gasteiger partial charge in [0.05, 0.1) is 11.9 Å². The van der Waals surface area contributed by atoms with Gasteiger partial charge in [-0.15, -0.1) is 0 Å². The van der Waals surface area contributed by atoms with Crippen molar-refractivity contribution < 1.29 is 8.42 Å². The van der Waals surface area contributed by atoms with Gasteiger partial charge in [-0.1, -0.05) is 20.8 Å². The lowest BCUT2D eigenvalue weighted by molar-refractivity contribution is 0.455. The fraction of sp³-hybridized carbons (Fsp3) is 0.615. The summed E-state index contributed by atoms with van der Waals surface area (Å²) in [6.07, 6.45) is 3.90. The molecule has 4 nitrogen and oxygen atoms in total. The molecule has 1 atom stereocenters. The van der Waals surface area contributed by atoms with Crippen molar-refractivity contribution in [3.63, 3.8) is 0 Å². The molecule has 102 valence electrons. The number of pyridine rings is 1. The first-order valence-electron chi connectivity index (χ1n) is 6.19. The van der Waals surface area contributed by atoms with Crippen molar-refractivity contribution in [1.82, 2.24) is 4.98 Å². The molecule has 1 rings (SSSR count). The van der Waals surface area contributed by atoms with Gasteiger partial charge in [0, 0.05) is 12.8 Å². The summed E-state index contributed by atoms with van der Waals surface area (Å²) >= 11 is 0. The number of hydrogen-bond donors (Lipinski definition) is 1. The lowest BCUT2D eigenvalue weighted by Crippen LogP contribution is -2.13. The van der Waals surface area contributed by atoms with Gasteiger partial charge >= 0.3 is 0 Å². The summed E-state index contributed by atoms with van der Waals surface area (Å²) in [4.78, 5) is 3.94. The van der Waals surface area contributed by atoms with E-state index in [0.717, 1.165) is 18.5 Å². The second kappa shape index (κ2) is 6.18. The largest absolute Gasteiger partial charge is 0.384 e. The molecule has 5 heteroatoms. The minimum atomic E-state index is -3.21. The smallest absolute Gasteiger partial charge is 0.192 e. The van der Waals surface area contributed by atoms with Gasteiger partial charge in [0.15, 0.2) is 14.9 Å². The number of anilines is 1. The van der Waals surface area contributed by atoms with E-state index in [-0.39, 0.29) is 5.03 Å².